The highest BCUT2D eigenvalue weighted by molar-refractivity contribution is 7.22. The molecule has 0 saturated heterocycles. The molecule has 0 aliphatic carbocycles. The average molecular weight is 446 g/mol. The Kier molecular flexibility index (Phi) is 5.02. The molecule has 0 atom stereocenters. The fourth-order valence-corrected chi connectivity index (χ4v) is 4.53. The second-order valence-corrected chi connectivity index (χ2v) is 8.55. The first-order valence-corrected chi connectivity index (χ1v) is 10.8. The highest BCUT2D eigenvalue weighted by Crippen LogP contribution is 2.27. The van der Waals surface area contributed by atoms with Gasteiger partial charge in [-0.15, -0.1) is 0 Å². The summed E-state index contributed by atoms with van der Waals surface area (Å²) in [6.07, 6.45) is 1.74. The Morgan fingerprint density at radius 3 is 2.52 bits per heavy atom. The molecular weight excluding hydrogens is 430 g/mol. The average Bonchev–Trinajstić information content (AvgIpc) is 3.36. The number of nitrogens with zero attached hydrogens (tertiary/aromatic N) is 2. The Morgan fingerprint density at radius 2 is 1.71 bits per heavy atom. The normalized spacial score (nSPS) is 11.1. The number of nitrogens with one attached hydrogen (secondary N) is 1. The SMILES string of the molecule is O=C(Nc1nc2ccccc2s1)C(=O)c1cn(Cc2ccc(Cl)cc2)c2ccccc12. The molecule has 3 aromatic carbocycles. The maximum Gasteiger partial charge on any atom is 0.298 e. The van der Waals surface area contributed by atoms with Crippen molar-refractivity contribution in [2.75, 3.05) is 5.32 Å². The Labute approximate surface area is 186 Å². The molecule has 31 heavy (non-hydrogen) atoms. The zero-order valence-corrected chi connectivity index (χ0v) is 17.8. The van der Waals surface area contributed by atoms with Gasteiger partial charge in [-0.25, -0.2) is 4.98 Å². The molecule has 0 aliphatic rings. The Morgan fingerprint density at radius 1 is 0.968 bits per heavy atom. The first-order chi connectivity index (χ1) is 15.1. The van der Waals surface area contributed by atoms with E-state index in [0.29, 0.717) is 22.3 Å². The summed E-state index contributed by atoms with van der Waals surface area (Å²) in [5, 5.41) is 4.47. The summed E-state index contributed by atoms with van der Waals surface area (Å²) in [4.78, 5) is 30.1. The lowest BCUT2D eigenvalue weighted by atomic mass is 10.1. The van der Waals surface area contributed by atoms with Crippen molar-refractivity contribution in [3.63, 3.8) is 0 Å². The standard InChI is InChI=1S/C24H16ClN3O2S/c25-16-11-9-15(10-12-16)13-28-14-18(17-5-1-3-7-20(17)28)22(29)23(30)27-24-26-19-6-2-4-8-21(19)31-24/h1-12,14H,13H2,(H,26,27,30). The summed E-state index contributed by atoms with van der Waals surface area (Å²) < 4.78 is 2.92. The molecule has 5 aromatic rings. The fourth-order valence-electron chi connectivity index (χ4n) is 3.55. The van der Waals surface area contributed by atoms with Gasteiger partial charge in [0.2, 0.25) is 0 Å². The number of carbonyl (C=O) groups excluding carboxylic acids is 2. The van der Waals surface area contributed by atoms with E-state index in [4.69, 9.17) is 11.6 Å². The summed E-state index contributed by atoms with van der Waals surface area (Å²) in [5.41, 5.74) is 3.08. The number of hydrogen-bond donors (Lipinski definition) is 1. The molecule has 0 spiro atoms. The van der Waals surface area contributed by atoms with E-state index in [1.807, 2.05) is 77.4 Å². The van der Waals surface area contributed by atoms with Crippen molar-refractivity contribution in [2.45, 2.75) is 6.54 Å². The summed E-state index contributed by atoms with van der Waals surface area (Å²) in [6, 6.07) is 22.7. The van der Waals surface area contributed by atoms with Gasteiger partial charge in [-0.1, -0.05) is 65.4 Å². The number of anilines is 1. The van der Waals surface area contributed by atoms with E-state index in [9.17, 15) is 9.59 Å². The maximum absolute atomic E-state index is 13.0. The zero-order valence-electron chi connectivity index (χ0n) is 16.2. The van der Waals surface area contributed by atoms with Crippen LogP contribution in [0.5, 0.6) is 0 Å². The van der Waals surface area contributed by atoms with E-state index >= 15 is 0 Å². The molecule has 0 aliphatic heterocycles. The number of amides is 1. The highest BCUT2D eigenvalue weighted by atomic mass is 35.5. The number of halogens is 1. The van der Waals surface area contributed by atoms with Gasteiger partial charge in [-0.3, -0.25) is 14.9 Å². The molecule has 7 heteroatoms. The first-order valence-electron chi connectivity index (χ1n) is 9.62. The van der Waals surface area contributed by atoms with Crippen molar-refractivity contribution in [3.05, 3.63) is 95.1 Å². The lowest BCUT2D eigenvalue weighted by Gasteiger charge is -2.05. The number of fused-ring (bicyclic) bond motifs is 2. The van der Waals surface area contributed by atoms with Crippen LogP contribution in [0.2, 0.25) is 5.02 Å². The maximum atomic E-state index is 13.0. The van der Waals surface area contributed by atoms with E-state index in [0.717, 1.165) is 26.7 Å². The molecule has 1 amide bonds. The minimum atomic E-state index is -0.701. The number of thiazole rings is 1. The minimum Gasteiger partial charge on any atom is -0.342 e. The molecular formula is C24H16ClN3O2S. The molecule has 5 nitrogen and oxygen atoms in total. The van der Waals surface area contributed by atoms with Crippen LogP contribution in [-0.4, -0.2) is 21.2 Å². The van der Waals surface area contributed by atoms with E-state index < -0.39 is 11.7 Å². The largest absolute Gasteiger partial charge is 0.342 e. The molecule has 0 saturated carbocycles. The van der Waals surface area contributed by atoms with Crippen LogP contribution in [0.4, 0.5) is 5.13 Å². The van der Waals surface area contributed by atoms with Crippen LogP contribution in [0.1, 0.15) is 15.9 Å². The fraction of sp³-hybridized carbons (Fsp3) is 0.0417. The van der Waals surface area contributed by atoms with E-state index in [-0.39, 0.29) is 0 Å². The van der Waals surface area contributed by atoms with Crippen LogP contribution < -0.4 is 5.32 Å². The molecule has 2 aromatic heterocycles. The van der Waals surface area contributed by atoms with Crippen molar-refractivity contribution in [1.82, 2.24) is 9.55 Å². The minimum absolute atomic E-state index is 0.364. The third-order valence-electron chi connectivity index (χ3n) is 5.02. The van der Waals surface area contributed by atoms with Gasteiger partial charge >= 0.3 is 0 Å². The molecule has 5 rings (SSSR count). The highest BCUT2D eigenvalue weighted by Gasteiger charge is 2.22. The summed E-state index contributed by atoms with van der Waals surface area (Å²) >= 11 is 7.32. The lowest BCUT2D eigenvalue weighted by Crippen LogP contribution is -2.22. The van der Waals surface area contributed by atoms with Crippen molar-refractivity contribution in [2.24, 2.45) is 0 Å². The van der Waals surface area contributed by atoms with Gasteiger partial charge in [0.1, 0.15) is 0 Å². The third kappa shape index (κ3) is 3.83. The van der Waals surface area contributed by atoms with E-state index in [2.05, 4.69) is 10.3 Å². The van der Waals surface area contributed by atoms with Crippen LogP contribution in [0, 0.1) is 0 Å². The molecule has 1 N–H and O–H groups in total. The number of benzene rings is 3. The van der Waals surface area contributed by atoms with Gasteiger partial charge in [0.15, 0.2) is 5.13 Å². The van der Waals surface area contributed by atoms with E-state index in [1.54, 1.807) is 6.20 Å². The van der Waals surface area contributed by atoms with Crippen LogP contribution in [-0.2, 0) is 11.3 Å². The van der Waals surface area contributed by atoms with Crippen LogP contribution in [0.3, 0.4) is 0 Å². The Bertz CT molecular complexity index is 1400. The van der Waals surface area contributed by atoms with Crippen LogP contribution in [0.15, 0.2) is 79.0 Å². The predicted molar refractivity (Wildman–Crippen MR) is 125 cm³/mol. The zero-order chi connectivity index (χ0) is 21.4. The van der Waals surface area contributed by atoms with Crippen molar-refractivity contribution >= 4 is 60.9 Å². The summed E-state index contributed by atoms with van der Waals surface area (Å²) in [5.74, 6) is -1.29. The molecule has 0 unspecified atom stereocenters. The molecule has 2 heterocycles. The van der Waals surface area contributed by atoms with Crippen molar-refractivity contribution in [1.29, 1.82) is 0 Å². The van der Waals surface area contributed by atoms with Crippen LogP contribution in [0.25, 0.3) is 21.1 Å². The number of para-hydroxylation sites is 2. The van der Waals surface area contributed by atoms with Crippen LogP contribution >= 0.6 is 22.9 Å². The Hall–Kier alpha value is -3.48. The number of Topliss-reactive ketones (excluding diaryl/α,β-unsaturated/α-hetero) is 1. The quantitative estimate of drug-likeness (QED) is 0.276. The first kappa shape index (κ1) is 19.5. The monoisotopic (exact) mass is 445 g/mol. The smallest absolute Gasteiger partial charge is 0.298 e. The predicted octanol–water partition coefficient (Wildman–Crippen LogP) is 5.77. The van der Waals surface area contributed by atoms with Crippen molar-refractivity contribution < 1.29 is 9.59 Å². The lowest BCUT2D eigenvalue weighted by molar-refractivity contribution is -0.112. The van der Waals surface area contributed by atoms with Gasteiger partial charge < -0.3 is 4.57 Å². The number of carbonyl (C=O) groups is 2. The van der Waals surface area contributed by atoms with E-state index in [1.165, 1.54) is 11.3 Å². The second-order valence-electron chi connectivity index (χ2n) is 7.08. The van der Waals surface area contributed by atoms with Gasteiger partial charge in [-0.05, 0) is 35.9 Å². The summed E-state index contributed by atoms with van der Waals surface area (Å²) in [6.45, 7) is 0.560. The molecule has 152 valence electrons. The van der Waals surface area contributed by atoms with Crippen molar-refractivity contribution in [3.8, 4) is 0 Å². The Balaban J connectivity index is 1.45. The number of rotatable bonds is 5. The number of ketones is 1. The van der Waals surface area contributed by atoms with Gasteiger partial charge in [0, 0.05) is 28.7 Å². The van der Waals surface area contributed by atoms with Gasteiger partial charge in [0.05, 0.1) is 15.8 Å². The molecule has 0 bridgehead atoms. The topological polar surface area (TPSA) is 64.0 Å². The third-order valence-corrected chi connectivity index (χ3v) is 6.22. The number of hydrogen-bond acceptors (Lipinski definition) is 4. The summed E-state index contributed by atoms with van der Waals surface area (Å²) in [7, 11) is 0. The molecule has 0 fully saturated rings. The van der Waals surface area contributed by atoms with Gasteiger partial charge in [0.25, 0.3) is 11.7 Å². The van der Waals surface area contributed by atoms with Gasteiger partial charge in [-0.2, -0.15) is 0 Å². The number of aromatic nitrogens is 2. The molecule has 0 radical (unpaired) electrons. The second kappa shape index (κ2) is 7.98.